The first-order chi connectivity index (χ1) is 25.3. The summed E-state index contributed by atoms with van der Waals surface area (Å²) in [5.41, 5.74) is 0. The lowest BCUT2D eigenvalue weighted by Crippen LogP contribution is -2.31. The predicted molar refractivity (Wildman–Crippen MR) is 189 cm³/mol. The van der Waals surface area contributed by atoms with Gasteiger partial charge in [-0.05, 0) is 77.0 Å². The van der Waals surface area contributed by atoms with E-state index in [1.807, 2.05) is 0 Å². The monoisotopic (exact) mass is 736 g/mol. The number of carbonyl (C=O) groups excluding carboxylic acids is 3. The summed E-state index contributed by atoms with van der Waals surface area (Å²) in [4.78, 5) is 38.1. The van der Waals surface area contributed by atoms with E-state index < -0.39 is 24.0 Å². The number of unbranched alkanes of at least 4 members (excludes halogenated alkanes) is 1. The van der Waals surface area contributed by atoms with Crippen LogP contribution in [0.25, 0.3) is 0 Å². The van der Waals surface area contributed by atoms with Gasteiger partial charge in [-0.15, -0.1) is 0 Å². The van der Waals surface area contributed by atoms with Gasteiger partial charge in [-0.2, -0.15) is 0 Å². The third kappa shape index (κ3) is 13.8. The van der Waals surface area contributed by atoms with E-state index in [0.717, 1.165) is 70.6 Å². The second kappa shape index (κ2) is 19.7. The molecule has 6 heterocycles. The minimum absolute atomic E-state index is 0.0422. The Labute approximate surface area is 309 Å². The normalized spacial score (nSPS) is 35.4. The van der Waals surface area contributed by atoms with Crippen LogP contribution in [0.1, 0.15) is 143 Å². The van der Waals surface area contributed by atoms with Gasteiger partial charge in [0, 0.05) is 19.3 Å². The van der Waals surface area contributed by atoms with Gasteiger partial charge < -0.3 is 42.6 Å². The summed E-state index contributed by atoms with van der Waals surface area (Å²) in [6.45, 7) is 6.17. The summed E-state index contributed by atoms with van der Waals surface area (Å²) in [6, 6.07) is 0. The van der Waals surface area contributed by atoms with Crippen molar-refractivity contribution in [2.75, 3.05) is 13.2 Å². The molecule has 6 aliphatic heterocycles. The molecule has 0 spiro atoms. The lowest BCUT2D eigenvalue weighted by atomic mass is 10.1. The summed E-state index contributed by atoms with van der Waals surface area (Å²) in [5, 5.41) is 0. The van der Waals surface area contributed by atoms with Gasteiger partial charge in [0.2, 0.25) is 0 Å². The van der Waals surface area contributed by atoms with Crippen LogP contribution in [0.4, 0.5) is 0 Å². The molecule has 6 fully saturated rings. The molecular formula is C40H64O12. The SMILES string of the molecule is CCCCC1OC1CCC1OC1CCC(=O)OC(COC(=O)CCC1OC1CCC1OC1CCC)COC(=O)CCC1OC1CCC1OC1CCC. The molecule has 6 saturated heterocycles. The van der Waals surface area contributed by atoms with Crippen LogP contribution in [0.5, 0.6) is 0 Å². The number of ether oxygens (including phenoxy) is 9. The molecule has 296 valence electrons. The van der Waals surface area contributed by atoms with Crippen molar-refractivity contribution in [3.63, 3.8) is 0 Å². The smallest absolute Gasteiger partial charge is 0.306 e. The predicted octanol–water partition coefficient (Wildman–Crippen LogP) is 6.06. The van der Waals surface area contributed by atoms with Gasteiger partial charge in [-0.25, -0.2) is 0 Å². The third-order valence-corrected chi connectivity index (χ3v) is 11.4. The maximum Gasteiger partial charge on any atom is 0.306 e. The fourth-order valence-corrected chi connectivity index (χ4v) is 7.74. The average Bonchev–Trinajstić information content (AvgIpc) is 3.91. The van der Waals surface area contributed by atoms with Crippen LogP contribution in [0.15, 0.2) is 0 Å². The minimum Gasteiger partial charge on any atom is -0.462 e. The van der Waals surface area contributed by atoms with E-state index in [2.05, 4.69) is 20.8 Å². The molecule has 0 saturated carbocycles. The van der Waals surface area contributed by atoms with Crippen molar-refractivity contribution in [2.45, 2.75) is 222 Å². The van der Waals surface area contributed by atoms with Crippen LogP contribution in [0, 0.1) is 0 Å². The van der Waals surface area contributed by atoms with Gasteiger partial charge in [-0.3, -0.25) is 14.4 Å². The van der Waals surface area contributed by atoms with E-state index in [4.69, 9.17) is 42.6 Å². The molecule has 0 amide bonds. The maximum absolute atomic E-state index is 12.8. The van der Waals surface area contributed by atoms with Gasteiger partial charge in [0.05, 0.1) is 73.2 Å². The van der Waals surface area contributed by atoms with Crippen molar-refractivity contribution in [3.8, 4) is 0 Å². The van der Waals surface area contributed by atoms with Crippen LogP contribution in [-0.4, -0.2) is 110 Å². The van der Waals surface area contributed by atoms with Crippen molar-refractivity contribution >= 4 is 17.9 Å². The maximum atomic E-state index is 12.8. The second-order valence-electron chi connectivity index (χ2n) is 15.8. The van der Waals surface area contributed by atoms with Crippen molar-refractivity contribution in [2.24, 2.45) is 0 Å². The Balaban J connectivity index is 0.847. The van der Waals surface area contributed by atoms with Gasteiger partial charge in [0.1, 0.15) is 13.2 Å². The van der Waals surface area contributed by atoms with E-state index in [-0.39, 0.29) is 69.1 Å². The molecule has 6 rings (SSSR count). The van der Waals surface area contributed by atoms with Crippen LogP contribution in [0.3, 0.4) is 0 Å². The highest BCUT2D eigenvalue weighted by molar-refractivity contribution is 5.71. The zero-order valence-corrected chi connectivity index (χ0v) is 31.8. The molecule has 0 bridgehead atoms. The Bertz CT molecular complexity index is 1090. The molecule has 12 atom stereocenters. The Kier molecular flexibility index (Phi) is 15.1. The first kappa shape index (κ1) is 39.9. The molecule has 52 heavy (non-hydrogen) atoms. The van der Waals surface area contributed by atoms with Gasteiger partial charge in [-0.1, -0.05) is 46.5 Å². The van der Waals surface area contributed by atoms with E-state index in [9.17, 15) is 14.4 Å². The highest BCUT2D eigenvalue weighted by atomic mass is 16.6. The molecule has 0 aromatic rings. The molecule has 0 radical (unpaired) electrons. The molecule has 0 aromatic heterocycles. The summed E-state index contributed by atoms with van der Waals surface area (Å²) in [5.74, 6) is -1.22. The molecule has 12 unspecified atom stereocenters. The Morgan fingerprint density at radius 2 is 0.712 bits per heavy atom. The van der Waals surface area contributed by atoms with E-state index in [0.29, 0.717) is 55.9 Å². The Morgan fingerprint density at radius 1 is 0.404 bits per heavy atom. The van der Waals surface area contributed by atoms with Crippen molar-refractivity contribution < 1.29 is 57.0 Å². The number of rotatable bonds is 30. The van der Waals surface area contributed by atoms with Crippen molar-refractivity contribution in [3.05, 3.63) is 0 Å². The number of hydrogen-bond donors (Lipinski definition) is 0. The van der Waals surface area contributed by atoms with E-state index >= 15 is 0 Å². The largest absolute Gasteiger partial charge is 0.462 e. The first-order valence-corrected chi connectivity index (χ1v) is 20.8. The highest BCUT2D eigenvalue weighted by Gasteiger charge is 2.45. The summed E-state index contributed by atoms with van der Waals surface area (Å²) in [6.07, 6.45) is 18.2. The van der Waals surface area contributed by atoms with Crippen LogP contribution in [0.2, 0.25) is 0 Å². The summed E-state index contributed by atoms with van der Waals surface area (Å²) >= 11 is 0. The lowest BCUT2D eigenvalue weighted by Gasteiger charge is -2.18. The van der Waals surface area contributed by atoms with Crippen molar-refractivity contribution in [1.29, 1.82) is 0 Å². The summed E-state index contributed by atoms with van der Waals surface area (Å²) < 4.78 is 51.1. The van der Waals surface area contributed by atoms with Crippen LogP contribution >= 0.6 is 0 Å². The standard InChI is InChI=1S/C40H64O12/c1-4-7-10-28-31(49-28)13-16-34-37(52-34)19-22-40(43)46-25(23-44-38(41)20-17-35-32(50-35)14-11-29-26(47-29)8-5-2)24-45-39(42)21-18-36-33(51-36)15-12-30-27(48-30)9-6-3/h25-37H,4-24H2,1-3H3. The third-order valence-electron chi connectivity index (χ3n) is 11.4. The molecule has 0 aromatic carbocycles. The van der Waals surface area contributed by atoms with Crippen molar-refractivity contribution in [1.82, 2.24) is 0 Å². The topological polar surface area (TPSA) is 154 Å². The Hall–Kier alpha value is -1.83. The second-order valence-corrected chi connectivity index (χ2v) is 15.8. The van der Waals surface area contributed by atoms with Crippen LogP contribution < -0.4 is 0 Å². The average molecular weight is 737 g/mol. The highest BCUT2D eigenvalue weighted by Crippen LogP contribution is 2.39. The van der Waals surface area contributed by atoms with Gasteiger partial charge in [0.25, 0.3) is 0 Å². The van der Waals surface area contributed by atoms with Gasteiger partial charge in [0.15, 0.2) is 6.10 Å². The van der Waals surface area contributed by atoms with E-state index in [1.165, 1.54) is 12.8 Å². The fraction of sp³-hybridized carbons (Fsp3) is 0.925. The number of hydrogen-bond acceptors (Lipinski definition) is 12. The molecule has 0 N–H and O–H groups in total. The molecule has 12 heteroatoms. The number of epoxide rings is 6. The lowest BCUT2D eigenvalue weighted by molar-refractivity contribution is -0.167. The Morgan fingerprint density at radius 3 is 1.06 bits per heavy atom. The summed E-state index contributed by atoms with van der Waals surface area (Å²) in [7, 11) is 0. The molecule has 12 nitrogen and oxygen atoms in total. The van der Waals surface area contributed by atoms with Gasteiger partial charge >= 0.3 is 17.9 Å². The first-order valence-electron chi connectivity index (χ1n) is 20.8. The molecule has 0 aliphatic carbocycles. The molecule has 6 aliphatic rings. The number of carbonyl (C=O) groups is 3. The number of esters is 3. The minimum atomic E-state index is -0.887. The van der Waals surface area contributed by atoms with E-state index in [1.54, 1.807) is 0 Å². The molecular weight excluding hydrogens is 672 g/mol. The fourth-order valence-electron chi connectivity index (χ4n) is 7.74. The zero-order valence-electron chi connectivity index (χ0n) is 31.8. The quantitative estimate of drug-likeness (QED) is 0.0478. The zero-order chi connectivity index (χ0) is 36.5. The van der Waals surface area contributed by atoms with Crippen LogP contribution in [-0.2, 0) is 57.0 Å².